The number of hydrogen-bond donors (Lipinski definition) is 3. The largest absolute Gasteiger partial charge is 0.504 e. The molecule has 3 aliphatic rings. The van der Waals surface area contributed by atoms with Crippen LogP contribution in [0.2, 0.25) is 5.02 Å². The summed E-state index contributed by atoms with van der Waals surface area (Å²) >= 11 is 6.13. The van der Waals surface area contributed by atoms with Gasteiger partial charge < -0.3 is 34.8 Å². The van der Waals surface area contributed by atoms with Gasteiger partial charge in [0.15, 0.2) is 22.6 Å². The summed E-state index contributed by atoms with van der Waals surface area (Å²) in [5.41, 5.74) is -1.24. The summed E-state index contributed by atoms with van der Waals surface area (Å²) in [4.78, 5) is 64.3. The lowest BCUT2D eigenvalue weighted by Crippen LogP contribution is -2.67. The number of fused-ring (bicyclic) bond motifs is 2. The molecule has 274 valence electrons. The van der Waals surface area contributed by atoms with Crippen molar-refractivity contribution >= 4 is 51.8 Å². The van der Waals surface area contributed by atoms with Crippen molar-refractivity contribution in [1.29, 1.82) is 0 Å². The third-order valence-electron chi connectivity index (χ3n) is 9.96. The summed E-state index contributed by atoms with van der Waals surface area (Å²) in [6.45, 7) is 5.73. The molecule has 2 aliphatic heterocycles. The van der Waals surface area contributed by atoms with E-state index < -0.39 is 34.6 Å². The molecule has 4 aromatic rings. The van der Waals surface area contributed by atoms with Crippen LogP contribution in [-0.2, 0) is 23.9 Å². The quantitative estimate of drug-likeness (QED) is 0.253. The Kier molecular flexibility index (Phi) is 8.76. The van der Waals surface area contributed by atoms with Gasteiger partial charge in [-0.25, -0.2) is 19.9 Å². The number of amides is 2. The highest BCUT2D eigenvalue weighted by atomic mass is 35.5. The third kappa shape index (κ3) is 6.14. The van der Waals surface area contributed by atoms with Gasteiger partial charge >= 0.3 is 6.18 Å². The van der Waals surface area contributed by atoms with Crippen LogP contribution < -0.4 is 20.5 Å². The Morgan fingerprint density at radius 2 is 1.85 bits per heavy atom. The smallest absolute Gasteiger partial charge is 0.416 e. The molecule has 1 saturated carbocycles. The van der Waals surface area contributed by atoms with E-state index in [0.29, 0.717) is 30.0 Å². The predicted octanol–water partition coefficient (Wildman–Crippen LogP) is 3.53. The Balaban J connectivity index is 1.27. The van der Waals surface area contributed by atoms with Crippen molar-refractivity contribution < 1.29 is 33.0 Å². The number of aromatic nitrogens is 5. The highest BCUT2D eigenvalue weighted by Gasteiger charge is 2.47. The first kappa shape index (κ1) is 35.4. The number of benzene rings is 1. The molecule has 0 unspecified atom stereocenters. The Bertz CT molecular complexity index is 2170. The number of carbonyl (C=O) groups excluding carboxylic acids is 2. The zero-order valence-electron chi connectivity index (χ0n) is 28.4. The molecular weight excluding hydrogens is 707 g/mol. The van der Waals surface area contributed by atoms with E-state index in [2.05, 4.69) is 25.3 Å². The summed E-state index contributed by atoms with van der Waals surface area (Å²) in [7, 11) is 0. The molecule has 7 rings (SSSR count). The van der Waals surface area contributed by atoms with Crippen LogP contribution >= 0.6 is 11.6 Å². The number of rotatable bonds is 7. The molecular formula is C34H35ClF3N9O5. The highest BCUT2D eigenvalue weighted by molar-refractivity contribution is 6.33. The van der Waals surface area contributed by atoms with Gasteiger partial charge in [0.05, 0.1) is 39.8 Å². The first-order valence-electron chi connectivity index (χ1n) is 16.7. The molecule has 3 fully saturated rings. The van der Waals surface area contributed by atoms with Crippen molar-refractivity contribution in [2.45, 2.75) is 70.4 Å². The molecule has 0 spiro atoms. The van der Waals surface area contributed by atoms with Crippen molar-refractivity contribution in [2.24, 2.45) is 0 Å². The number of aromatic hydroxyl groups is 1. The van der Waals surface area contributed by atoms with Crippen LogP contribution in [-0.4, -0.2) is 95.3 Å². The molecule has 5 heterocycles. The van der Waals surface area contributed by atoms with Crippen LogP contribution in [0, 0.1) is 6.92 Å². The molecule has 2 amide bonds. The lowest BCUT2D eigenvalue weighted by Gasteiger charge is -2.54. The van der Waals surface area contributed by atoms with E-state index in [9.17, 15) is 37.8 Å². The van der Waals surface area contributed by atoms with Crippen LogP contribution in [0.15, 0.2) is 35.5 Å². The number of halogens is 4. The maximum Gasteiger partial charge on any atom is 0.416 e. The lowest BCUT2D eigenvalue weighted by atomic mass is 9.81. The fourth-order valence-electron chi connectivity index (χ4n) is 7.29. The Labute approximate surface area is 299 Å². The summed E-state index contributed by atoms with van der Waals surface area (Å²) < 4.78 is 41.3. The number of alkyl halides is 3. The summed E-state index contributed by atoms with van der Waals surface area (Å²) in [6.07, 6.45) is -0.334. The SMILES string of the molecule is CCc1c(N2CCN(C(=O)c3ncnc(C)c3O)[C@H]3CC[C@@H]32)c(=O)c2nc(N3CC(C)(O)C3)cnc2n1CC(=O)Nc1ccc(C(F)(F)F)cc1Cl. The number of piperazine rings is 1. The second kappa shape index (κ2) is 12.9. The molecule has 2 atom stereocenters. The zero-order chi connectivity index (χ0) is 37.3. The van der Waals surface area contributed by atoms with Gasteiger partial charge in [0, 0.05) is 37.9 Å². The van der Waals surface area contributed by atoms with E-state index in [4.69, 9.17) is 11.6 Å². The second-order valence-electron chi connectivity index (χ2n) is 13.6. The summed E-state index contributed by atoms with van der Waals surface area (Å²) in [5.74, 6) is -0.987. The molecule has 14 nitrogen and oxygen atoms in total. The Hall–Kier alpha value is -5.03. The topological polar surface area (TPSA) is 170 Å². The maximum atomic E-state index is 14.5. The Morgan fingerprint density at radius 3 is 2.48 bits per heavy atom. The normalized spacial score (nSPS) is 19.6. The summed E-state index contributed by atoms with van der Waals surface area (Å²) in [5, 5.41) is 23.1. The van der Waals surface area contributed by atoms with Gasteiger partial charge in [0.25, 0.3) is 5.91 Å². The van der Waals surface area contributed by atoms with E-state index in [-0.39, 0.29) is 90.2 Å². The molecule has 52 heavy (non-hydrogen) atoms. The minimum atomic E-state index is -4.62. The molecule has 3 aromatic heterocycles. The molecule has 1 aromatic carbocycles. The van der Waals surface area contributed by atoms with E-state index >= 15 is 0 Å². The van der Waals surface area contributed by atoms with Gasteiger partial charge in [-0.1, -0.05) is 18.5 Å². The van der Waals surface area contributed by atoms with Crippen molar-refractivity contribution in [3.8, 4) is 5.75 Å². The summed E-state index contributed by atoms with van der Waals surface area (Å²) in [6, 6.07) is 2.06. The van der Waals surface area contributed by atoms with Crippen LogP contribution in [0.25, 0.3) is 11.2 Å². The average molecular weight is 742 g/mol. The maximum absolute atomic E-state index is 14.5. The molecule has 2 saturated heterocycles. The van der Waals surface area contributed by atoms with E-state index in [1.807, 2.05) is 11.8 Å². The predicted molar refractivity (Wildman–Crippen MR) is 185 cm³/mol. The molecule has 0 radical (unpaired) electrons. The second-order valence-corrected chi connectivity index (χ2v) is 14.0. The van der Waals surface area contributed by atoms with Crippen LogP contribution in [0.4, 0.5) is 30.4 Å². The minimum Gasteiger partial charge on any atom is -0.504 e. The lowest BCUT2D eigenvalue weighted by molar-refractivity contribution is -0.137. The number of aliphatic hydroxyl groups is 1. The first-order chi connectivity index (χ1) is 24.6. The molecule has 3 N–H and O–H groups in total. The molecule has 1 aliphatic carbocycles. The number of carbonyl (C=O) groups is 2. The highest BCUT2D eigenvalue weighted by Crippen LogP contribution is 2.39. The number of hydrogen-bond acceptors (Lipinski definition) is 11. The van der Waals surface area contributed by atoms with Gasteiger partial charge in [-0.15, -0.1) is 0 Å². The Morgan fingerprint density at radius 1 is 1.12 bits per heavy atom. The van der Waals surface area contributed by atoms with Crippen LogP contribution in [0.1, 0.15) is 54.1 Å². The van der Waals surface area contributed by atoms with Gasteiger partial charge in [-0.3, -0.25) is 14.4 Å². The number of aryl methyl sites for hydroxylation is 1. The van der Waals surface area contributed by atoms with Gasteiger partial charge in [-0.05, 0) is 51.3 Å². The van der Waals surface area contributed by atoms with Crippen LogP contribution in [0.5, 0.6) is 5.75 Å². The zero-order valence-corrected chi connectivity index (χ0v) is 29.2. The minimum absolute atomic E-state index is 0.00707. The standard InChI is InChI=1S/C34H35ClF3N9O5/c1-4-21-28(45-9-10-46(23-8-7-22(23)45)32(51)27-29(49)17(2)40-16-41-27)30(50)26-31(39-12-24(43-26)44-14-33(3,52)15-44)47(21)13-25(48)42-20-6-5-18(11-19(20)35)34(36,37)38/h5-6,11-12,16,22-23,49,52H,4,7-10,13-15H2,1-3H3,(H,42,48)/t22-,23-/m0/s1. The number of nitrogens with one attached hydrogen (secondary N) is 1. The molecule has 18 heteroatoms. The van der Waals surface area contributed by atoms with Crippen LogP contribution in [0.3, 0.4) is 0 Å². The van der Waals surface area contributed by atoms with Crippen molar-refractivity contribution in [3.63, 3.8) is 0 Å². The average Bonchev–Trinajstić information content (AvgIpc) is 3.06. The van der Waals surface area contributed by atoms with Gasteiger partial charge in [0.1, 0.15) is 24.4 Å². The fourth-order valence-corrected chi connectivity index (χ4v) is 7.52. The molecule has 0 bridgehead atoms. The van der Waals surface area contributed by atoms with Crippen molar-refractivity contribution in [3.05, 3.63) is 68.6 Å². The monoisotopic (exact) mass is 741 g/mol. The van der Waals surface area contributed by atoms with E-state index in [1.165, 1.54) is 12.5 Å². The van der Waals surface area contributed by atoms with Gasteiger partial charge in [0.2, 0.25) is 11.3 Å². The fraction of sp³-hybridized carbons (Fsp3) is 0.441. The number of pyridine rings is 1. The first-order valence-corrected chi connectivity index (χ1v) is 17.1. The van der Waals surface area contributed by atoms with Gasteiger partial charge in [-0.2, -0.15) is 13.2 Å². The third-order valence-corrected chi connectivity index (χ3v) is 10.3. The van der Waals surface area contributed by atoms with Crippen molar-refractivity contribution in [1.82, 2.24) is 29.4 Å². The number of anilines is 3. The van der Waals surface area contributed by atoms with Crippen molar-refractivity contribution in [2.75, 3.05) is 41.3 Å². The van der Waals surface area contributed by atoms with E-state index in [0.717, 1.165) is 18.2 Å². The van der Waals surface area contributed by atoms with E-state index in [1.54, 1.807) is 28.2 Å². The number of nitrogens with zero attached hydrogens (tertiary/aromatic N) is 8. The number of β-amino-alcohol motifs (C(OH)–C–C–N with tert-alkyl or cyclic N) is 1.